The zero-order valence-electron chi connectivity index (χ0n) is 9.88. The van der Waals surface area contributed by atoms with Crippen LogP contribution in [0.5, 0.6) is 0 Å². The number of hydrogen-bond donors (Lipinski definition) is 0. The topological polar surface area (TPSA) is 57.1 Å². The number of carbonyl (C=O) groups is 1. The van der Waals surface area contributed by atoms with Crippen LogP contribution in [0, 0.1) is 0 Å². The number of benzene rings is 1. The second kappa shape index (κ2) is 7.40. The average molecular weight is 237 g/mol. The quantitative estimate of drug-likeness (QED) is 0.190. The molecule has 0 unspecified atom stereocenters. The monoisotopic (exact) mass is 237 g/mol. The Morgan fingerprint density at radius 3 is 2.47 bits per heavy atom. The number of hydrogen-bond acceptors (Lipinski definition) is 5. The van der Waals surface area contributed by atoms with Crippen LogP contribution in [-0.2, 0) is 14.6 Å². The molecule has 0 aliphatic heterocycles. The zero-order valence-corrected chi connectivity index (χ0v) is 9.88. The molecule has 0 amide bonds. The Hall–Kier alpha value is -1.88. The summed E-state index contributed by atoms with van der Waals surface area (Å²) in [5.41, 5.74) is 0.486. The predicted molar refractivity (Wildman–Crippen MR) is 62.5 cm³/mol. The van der Waals surface area contributed by atoms with Crippen molar-refractivity contribution < 1.29 is 19.4 Å². The van der Waals surface area contributed by atoms with E-state index in [4.69, 9.17) is 4.74 Å². The van der Waals surface area contributed by atoms with Crippen LogP contribution in [0.3, 0.4) is 0 Å². The fourth-order valence-corrected chi connectivity index (χ4v) is 1.10. The molecule has 0 spiro atoms. The third-order valence-electron chi connectivity index (χ3n) is 1.80. The highest BCUT2D eigenvalue weighted by Gasteiger charge is 2.16. The normalized spacial score (nSPS) is 11.1. The van der Waals surface area contributed by atoms with E-state index in [9.17, 15) is 4.79 Å². The Balaban J connectivity index is 2.77. The maximum absolute atomic E-state index is 11.9. The maximum Gasteiger partial charge on any atom is 0.303 e. The van der Waals surface area contributed by atoms with Crippen molar-refractivity contribution >= 4 is 11.7 Å². The van der Waals surface area contributed by atoms with Crippen molar-refractivity contribution in [1.29, 1.82) is 0 Å². The summed E-state index contributed by atoms with van der Waals surface area (Å²) in [6.45, 7) is 4.17. The van der Waals surface area contributed by atoms with Crippen LogP contribution in [-0.4, -0.2) is 24.9 Å². The molecule has 0 bridgehead atoms. The summed E-state index contributed by atoms with van der Waals surface area (Å²) in [6, 6.07) is 8.71. The molecule has 1 rings (SSSR count). The number of Topliss-reactive ketones (excluding diaryl/α,β-unsaturated/α-hetero) is 1. The van der Waals surface area contributed by atoms with Gasteiger partial charge < -0.3 is 4.74 Å². The molecule has 0 heterocycles. The van der Waals surface area contributed by atoms with Gasteiger partial charge in [0.05, 0.1) is 13.2 Å². The van der Waals surface area contributed by atoms with E-state index < -0.39 is 0 Å². The molecule has 17 heavy (non-hydrogen) atoms. The van der Waals surface area contributed by atoms with Crippen molar-refractivity contribution in [2.75, 3.05) is 13.2 Å². The largest absolute Gasteiger partial charge is 0.473 e. The first-order valence-electron chi connectivity index (χ1n) is 5.38. The minimum Gasteiger partial charge on any atom is -0.473 e. The van der Waals surface area contributed by atoms with Crippen LogP contribution < -0.4 is 0 Å². The van der Waals surface area contributed by atoms with Gasteiger partial charge in [-0.2, -0.15) is 4.89 Å². The van der Waals surface area contributed by atoms with E-state index in [2.05, 4.69) is 15.0 Å². The van der Waals surface area contributed by atoms with Crippen molar-refractivity contribution in [1.82, 2.24) is 0 Å². The van der Waals surface area contributed by atoms with Gasteiger partial charge in [-0.15, -0.1) is 0 Å². The van der Waals surface area contributed by atoms with Crippen molar-refractivity contribution in [3.63, 3.8) is 0 Å². The van der Waals surface area contributed by atoms with Gasteiger partial charge in [-0.3, -0.25) is 4.79 Å². The fraction of sp³-hybridized carbons (Fsp3) is 0.333. The minimum atomic E-state index is -0.341. The van der Waals surface area contributed by atoms with E-state index >= 15 is 0 Å². The summed E-state index contributed by atoms with van der Waals surface area (Å²) in [6.07, 6.45) is 0. The first-order valence-corrected chi connectivity index (χ1v) is 5.38. The molecular formula is C12H15NO4. The molecule has 92 valence electrons. The first-order chi connectivity index (χ1) is 8.29. The highest BCUT2D eigenvalue weighted by Crippen LogP contribution is 2.03. The van der Waals surface area contributed by atoms with E-state index in [1.807, 2.05) is 6.07 Å². The maximum atomic E-state index is 11.9. The van der Waals surface area contributed by atoms with E-state index in [1.54, 1.807) is 38.1 Å². The summed E-state index contributed by atoms with van der Waals surface area (Å²) >= 11 is 0. The van der Waals surface area contributed by atoms with Gasteiger partial charge in [-0.25, -0.2) is 4.99 Å². The average Bonchev–Trinajstić information content (AvgIpc) is 2.38. The molecule has 1 aromatic carbocycles. The van der Waals surface area contributed by atoms with Crippen molar-refractivity contribution in [2.45, 2.75) is 13.8 Å². The third kappa shape index (κ3) is 4.24. The fourth-order valence-electron chi connectivity index (χ4n) is 1.10. The van der Waals surface area contributed by atoms with E-state index in [0.717, 1.165) is 0 Å². The summed E-state index contributed by atoms with van der Waals surface area (Å²) in [4.78, 5) is 21.0. The highest BCUT2D eigenvalue weighted by molar-refractivity contribution is 6.42. The number of oxime groups is 1. The SMILES string of the molecule is CCOON=C(OCC)C(=O)c1ccccc1. The Morgan fingerprint density at radius 1 is 1.18 bits per heavy atom. The Morgan fingerprint density at radius 2 is 1.88 bits per heavy atom. The molecule has 0 aliphatic carbocycles. The van der Waals surface area contributed by atoms with Crippen LogP contribution in [0.15, 0.2) is 35.5 Å². The first kappa shape index (κ1) is 13.2. The second-order valence-electron chi connectivity index (χ2n) is 3.01. The molecular weight excluding hydrogens is 222 g/mol. The molecule has 0 aliphatic rings. The second-order valence-corrected chi connectivity index (χ2v) is 3.01. The lowest BCUT2D eigenvalue weighted by atomic mass is 10.1. The molecule has 0 radical (unpaired) electrons. The van der Waals surface area contributed by atoms with Crippen LogP contribution in [0.25, 0.3) is 0 Å². The molecule has 5 nitrogen and oxygen atoms in total. The smallest absolute Gasteiger partial charge is 0.303 e. The zero-order chi connectivity index (χ0) is 12.5. The minimum absolute atomic E-state index is 0.118. The predicted octanol–water partition coefficient (Wildman–Crippen LogP) is 2.19. The standard InChI is InChI=1S/C12H15NO4/c1-3-15-12(13-17-16-4-2)11(14)10-8-6-5-7-9-10/h5-9H,3-4H2,1-2H3. The number of ether oxygens (including phenoxy) is 1. The lowest BCUT2D eigenvalue weighted by molar-refractivity contribution is -0.293. The molecule has 0 aromatic heterocycles. The van der Waals surface area contributed by atoms with Gasteiger partial charge in [0.15, 0.2) is 0 Å². The van der Waals surface area contributed by atoms with E-state index in [1.165, 1.54) is 0 Å². The summed E-state index contributed by atoms with van der Waals surface area (Å²) < 4.78 is 5.10. The molecule has 0 saturated heterocycles. The highest BCUT2D eigenvalue weighted by atomic mass is 17.3. The van der Waals surface area contributed by atoms with Gasteiger partial charge in [0.2, 0.25) is 0 Å². The Labute approximate surface area is 99.9 Å². The Bertz CT molecular complexity index is 375. The molecule has 0 saturated carbocycles. The molecule has 0 N–H and O–H groups in total. The summed E-state index contributed by atoms with van der Waals surface area (Å²) in [5.74, 6) is -0.459. The lowest BCUT2D eigenvalue weighted by Gasteiger charge is -2.05. The van der Waals surface area contributed by atoms with Gasteiger partial charge in [0.25, 0.3) is 5.78 Å². The van der Waals surface area contributed by atoms with Gasteiger partial charge in [-0.05, 0) is 19.0 Å². The van der Waals surface area contributed by atoms with Gasteiger partial charge in [0.1, 0.15) is 0 Å². The lowest BCUT2D eigenvalue weighted by Crippen LogP contribution is -2.18. The molecule has 0 fully saturated rings. The number of carbonyl (C=O) groups excluding carboxylic acids is 1. The number of nitrogens with zero attached hydrogens (tertiary/aromatic N) is 1. The summed E-state index contributed by atoms with van der Waals surface area (Å²) in [7, 11) is 0. The van der Waals surface area contributed by atoms with E-state index in [-0.39, 0.29) is 11.7 Å². The van der Waals surface area contributed by atoms with Gasteiger partial charge in [0, 0.05) is 5.56 Å². The van der Waals surface area contributed by atoms with Crippen LogP contribution in [0.4, 0.5) is 0 Å². The van der Waals surface area contributed by atoms with Crippen LogP contribution in [0.2, 0.25) is 0 Å². The van der Waals surface area contributed by atoms with Gasteiger partial charge in [-0.1, -0.05) is 30.3 Å². The van der Waals surface area contributed by atoms with Crippen LogP contribution in [0.1, 0.15) is 24.2 Å². The van der Waals surface area contributed by atoms with E-state index in [0.29, 0.717) is 18.8 Å². The van der Waals surface area contributed by atoms with Crippen molar-refractivity contribution in [3.8, 4) is 0 Å². The molecule has 1 aromatic rings. The molecule has 0 atom stereocenters. The third-order valence-corrected chi connectivity index (χ3v) is 1.80. The van der Waals surface area contributed by atoms with Crippen molar-refractivity contribution in [3.05, 3.63) is 35.9 Å². The van der Waals surface area contributed by atoms with Crippen LogP contribution >= 0.6 is 0 Å². The number of ketones is 1. The van der Waals surface area contributed by atoms with Crippen molar-refractivity contribution in [2.24, 2.45) is 5.16 Å². The van der Waals surface area contributed by atoms with Gasteiger partial charge >= 0.3 is 5.90 Å². The Kier molecular flexibility index (Phi) is 5.74. The molecule has 5 heteroatoms. The number of rotatable bonds is 6. The summed E-state index contributed by atoms with van der Waals surface area (Å²) in [5, 5.41) is 3.50.